The van der Waals surface area contributed by atoms with Gasteiger partial charge in [0.1, 0.15) is 5.54 Å². The predicted molar refractivity (Wildman–Crippen MR) is 98.0 cm³/mol. The largest absolute Gasteiger partial charge is 0.383 e. The molecule has 1 aliphatic carbocycles. The Balaban J connectivity index is 1.81. The second-order valence-corrected chi connectivity index (χ2v) is 6.99. The molecular weight excluding hydrogens is 314 g/mol. The zero-order valence-electron chi connectivity index (χ0n) is 15.3. The first-order valence-corrected chi connectivity index (χ1v) is 9.05. The molecule has 1 aromatic rings. The van der Waals surface area contributed by atoms with Crippen molar-refractivity contribution in [2.24, 2.45) is 5.92 Å². The highest BCUT2D eigenvalue weighted by Crippen LogP contribution is 2.39. The molecular formula is C20H29N3O2. The molecule has 25 heavy (non-hydrogen) atoms. The zero-order chi connectivity index (χ0) is 18.1. The molecule has 2 rings (SSSR count). The third-order valence-corrected chi connectivity index (χ3v) is 4.79. The highest BCUT2D eigenvalue weighted by molar-refractivity contribution is 5.79. The second kappa shape index (κ2) is 9.55. The van der Waals surface area contributed by atoms with Crippen LogP contribution in [0.15, 0.2) is 30.3 Å². The fourth-order valence-corrected chi connectivity index (χ4v) is 3.06. The van der Waals surface area contributed by atoms with Crippen LogP contribution >= 0.6 is 0 Å². The van der Waals surface area contributed by atoms with Crippen molar-refractivity contribution in [3.8, 4) is 6.07 Å². The van der Waals surface area contributed by atoms with Crippen molar-refractivity contribution in [1.29, 1.82) is 5.26 Å². The lowest BCUT2D eigenvalue weighted by Gasteiger charge is -2.26. The Bertz CT molecular complexity index is 580. The van der Waals surface area contributed by atoms with E-state index in [4.69, 9.17) is 4.74 Å². The van der Waals surface area contributed by atoms with Crippen molar-refractivity contribution in [3.05, 3.63) is 35.9 Å². The number of nitrogens with one attached hydrogen (secondary N) is 1. The number of benzene rings is 1. The van der Waals surface area contributed by atoms with Gasteiger partial charge in [-0.25, -0.2) is 0 Å². The maximum Gasteiger partial charge on any atom is 0.235 e. The highest BCUT2D eigenvalue weighted by atomic mass is 16.5. The van der Waals surface area contributed by atoms with Gasteiger partial charge in [-0.3, -0.25) is 9.69 Å². The Morgan fingerprint density at radius 3 is 2.68 bits per heavy atom. The summed E-state index contributed by atoms with van der Waals surface area (Å²) >= 11 is 0. The van der Waals surface area contributed by atoms with Crippen molar-refractivity contribution in [1.82, 2.24) is 10.2 Å². The Kier molecular flexibility index (Phi) is 7.42. The number of nitrogens with zero attached hydrogens (tertiary/aromatic N) is 2. The average molecular weight is 343 g/mol. The summed E-state index contributed by atoms with van der Waals surface area (Å²) in [6.45, 7) is 4.28. The number of aryl methyl sites for hydroxylation is 1. The lowest BCUT2D eigenvalue weighted by Crippen LogP contribution is -2.50. The molecule has 1 aliphatic rings. The van der Waals surface area contributed by atoms with Crippen LogP contribution in [-0.2, 0) is 16.0 Å². The van der Waals surface area contributed by atoms with Gasteiger partial charge in [0.05, 0.1) is 19.2 Å². The van der Waals surface area contributed by atoms with E-state index < -0.39 is 5.54 Å². The zero-order valence-corrected chi connectivity index (χ0v) is 15.3. The van der Waals surface area contributed by atoms with E-state index in [-0.39, 0.29) is 5.91 Å². The highest BCUT2D eigenvalue weighted by Gasteiger charge is 2.43. The van der Waals surface area contributed by atoms with E-state index in [1.807, 2.05) is 25.1 Å². The normalized spacial score (nSPS) is 16.2. The summed E-state index contributed by atoms with van der Waals surface area (Å²) in [5.41, 5.74) is 0.582. The number of hydrogen-bond donors (Lipinski definition) is 1. The van der Waals surface area contributed by atoms with E-state index in [1.54, 1.807) is 7.11 Å². The lowest BCUT2D eigenvalue weighted by atomic mass is 9.98. The first-order valence-electron chi connectivity index (χ1n) is 9.05. The van der Waals surface area contributed by atoms with E-state index in [1.165, 1.54) is 5.56 Å². The molecule has 1 fully saturated rings. The molecule has 0 bridgehead atoms. The number of methoxy groups -OCH3 is 1. The SMILES string of the molecule is COCCN(CCCc1ccccc1)CC(=O)NC(C)(C#N)C1CC1. The molecule has 1 aromatic carbocycles. The summed E-state index contributed by atoms with van der Waals surface area (Å²) in [6, 6.07) is 12.6. The molecule has 0 heterocycles. The van der Waals surface area contributed by atoms with Crippen molar-refractivity contribution >= 4 is 5.91 Å². The van der Waals surface area contributed by atoms with Crippen LogP contribution in [0.25, 0.3) is 0 Å². The fraction of sp³-hybridized carbons (Fsp3) is 0.600. The number of nitriles is 1. The van der Waals surface area contributed by atoms with E-state index in [2.05, 4.69) is 28.4 Å². The van der Waals surface area contributed by atoms with Crippen molar-refractivity contribution in [3.63, 3.8) is 0 Å². The van der Waals surface area contributed by atoms with Crippen LogP contribution in [0, 0.1) is 17.2 Å². The fourth-order valence-electron chi connectivity index (χ4n) is 3.06. The van der Waals surface area contributed by atoms with Crippen molar-refractivity contribution in [2.75, 3.05) is 33.4 Å². The van der Waals surface area contributed by atoms with Crippen LogP contribution in [0.5, 0.6) is 0 Å². The standard InChI is InChI=1S/C20H29N3O2/c1-20(16-21,18-10-11-18)22-19(24)15-23(13-14-25-2)12-6-9-17-7-4-3-5-8-17/h3-5,7-8,18H,6,9-15H2,1-2H3,(H,22,24). The topological polar surface area (TPSA) is 65.4 Å². The minimum atomic E-state index is -0.728. The maximum absolute atomic E-state index is 12.4. The van der Waals surface area contributed by atoms with E-state index in [0.29, 0.717) is 25.6 Å². The molecule has 0 saturated heterocycles. The average Bonchev–Trinajstić information content (AvgIpc) is 3.46. The van der Waals surface area contributed by atoms with Gasteiger partial charge >= 0.3 is 0 Å². The summed E-state index contributed by atoms with van der Waals surface area (Å²) < 4.78 is 5.16. The maximum atomic E-state index is 12.4. The van der Waals surface area contributed by atoms with E-state index >= 15 is 0 Å². The van der Waals surface area contributed by atoms with E-state index in [0.717, 1.165) is 32.2 Å². The molecule has 1 unspecified atom stereocenters. The number of rotatable bonds is 11. The van der Waals surface area contributed by atoms with Gasteiger partial charge in [-0.05, 0) is 50.6 Å². The third kappa shape index (κ3) is 6.49. The van der Waals surface area contributed by atoms with Crippen LogP contribution in [0.1, 0.15) is 31.7 Å². The number of hydrogen-bond acceptors (Lipinski definition) is 4. The molecule has 1 N–H and O–H groups in total. The lowest BCUT2D eigenvalue weighted by molar-refractivity contribution is -0.123. The smallest absolute Gasteiger partial charge is 0.235 e. The van der Waals surface area contributed by atoms with Gasteiger partial charge in [0.15, 0.2) is 0 Å². The predicted octanol–water partition coefficient (Wildman–Crippen LogP) is 2.38. The molecule has 0 radical (unpaired) electrons. The van der Waals surface area contributed by atoms with Gasteiger partial charge < -0.3 is 10.1 Å². The monoisotopic (exact) mass is 343 g/mol. The molecule has 1 amide bonds. The summed E-state index contributed by atoms with van der Waals surface area (Å²) in [4.78, 5) is 14.5. The number of carbonyl (C=O) groups excluding carboxylic acids is 1. The molecule has 0 aliphatic heterocycles. The third-order valence-electron chi connectivity index (χ3n) is 4.79. The van der Waals surface area contributed by atoms with Crippen LogP contribution in [0.2, 0.25) is 0 Å². The quantitative estimate of drug-likeness (QED) is 0.670. The van der Waals surface area contributed by atoms with Gasteiger partial charge in [-0.1, -0.05) is 30.3 Å². The number of carbonyl (C=O) groups is 1. The van der Waals surface area contributed by atoms with Gasteiger partial charge in [-0.15, -0.1) is 0 Å². The van der Waals surface area contributed by atoms with Gasteiger partial charge in [0, 0.05) is 13.7 Å². The molecule has 0 spiro atoms. The second-order valence-electron chi connectivity index (χ2n) is 6.99. The molecule has 0 aromatic heterocycles. The number of amides is 1. The summed E-state index contributed by atoms with van der Waals surface area (Å²) in [5.74, 6) is 0.221. The Morgan fingerprint density at radius 2 is 2.08 bits per heavy atom. The minimum absolute atomic E-state index is 0.0771. The number of ether oxygens (including phenoxy) is 1. The molecule has 5 heteroatoms. The summed E-state index contributed by atoms with van der Waals surface area (Å²) in [5, 5.41) is 12.3. The summed E-state index contributed by atoms with van der Waals surface area (Å²) in [7, 11) is 1.67. The first kappa shape index (κ1) is 19.4. The molecule has 1 saturated carbocycles. The van der Waals surface area contributed by atoms with Crippen molar-refractivity contribution in [2.45, 2.75) is 38.1 Å². The van der Waals surface area contributed by atoms with Crippen molar-refractivity contribution < 1.29 is 9.53 Å². The Labute approximate surface area is 151 Å². The van der Waals surface area contributed by atoms with Gasteiger partial charge in [-0.2, -0.15) is 5.26 Å². The molecule has 5 nitrogen and oxygen atoms in total. The van der Waals surface area contributed by atoms with Crippen LogP contribution in [-0.4, -0.2) is 49.7 Å². The van der Waals surface area contributed by atoms with Crippen LogP contribution < -0.4 is 5.32 Å². The molecule has 136 valence electrons. The molecule has 1 atom stereocenters. The Morgan fingerprint density at radius 1 is 1.36 bits per heavy atom. The van der Waals surface area contributed by atoms with Crippen LogP contribution in [0.3, 0.4) is 0 Å². The first-order chi connectivity index (χ1) is 12.1. The minimum Gasteiger partial charge on any atom is -0.383 e. The van der Waals surface area contributed by atoms with Gasteiger partial charge in [0.25, 0.3) is 0 Å². The Hall–Kier alpha value is -1.90. The van der Waals surface area contributed by atoms with Gasteiger partial charge in [0.2, 0.25) is 5.91 Å². The van der Waals surface area contributed by atoms with E-state index in [9.17, 15) is 10.1 Å². The van der Waals surface area contributed by atoms with Crippen LogP contribution in [0.4, 0.5) is 0 Å². The summed E-state index contributed by atoms with van der Waals surface area (Å²) in [6.07, 6.45) is 4.02.